The molecule has 8 nitrogen and oxygen atoms in total. The Morgan fingerprint density at radius 2 is 1.74 bits per heavy atom. The molecule has 1 N–H and O–H groups in total. The Balaban J connectivity index is 1.25. The Morgan fingerprint density at radius 3 is 2.48 bits per heavy atom. The summed E-state index contributed by atoms with van der Waals surface area (Å²) in [6, 6.07) is 14.2. The number of hydrogen-bond donors (Lipinski definition) is 1. The van der Waals surface area contributed by atoms with Gasteiger partial charge in [0.1, 0.15) is 5.82 Å². The van der Waals surface area contributed by atoms with Crippen molar-refractivity contribution >= 4 is 17.4 Å². The first-order valence-corrected chi connectivity index (χ1v) is 11.3. The molecule has 1 aliphatic heterocycles. The van der Waals surface area contributed by atoms with E-state index in [-0.39, 0.29) is 11.9 Å². The van der Waals surface area contributed by atoms with Crippen molar-refractivity contribution < 1.29 is 4.79 Å². The minimum atomic E-state index is -0.0966. The molecule has 1 atom stereocenters. The molecule has 31 heavy (non-hydrogen) atoms. The molecule has 8 heteroatoms. The molecule has 1 amide bonds. The molecule has 1 aromatic carbocycles. The zero-order valence-electron chi connectivity index (χ0n) is 17.9. The van der Waals surface area contributed by atoms with E-state index in [0.29, 0.717) is 6.04 Å². The molecule has 0 bridgehead atoms. The van der Waals surface area contributed by atoms with Crippen molar-refractivity contribution in [3.63, 3.8) is 0 Å². The van der Waals surface area contributed by atoms with Gasteiger partial charge in [0.15, 0.2) is 11.5 Å². The molecule has 1 saturated heterocycles. The topological polar surface area (TPSA) is 78.7 Å². The molecule has 1 unspecified atom stereocenters. The summed E-state index contributed by atoms with van der Waals surface area (Å²) in [5.41, 5.74) is 1.73. The van der Waals surface area contributed by atoms with Crippen molar-refractivity contribution in [3.05, 3.63) is 42.5 Å². The first-order valence-electron chi connectivity index (χ1n) is 11.3. The van der Waals surface area contributed by atoms with Gasteiger partial charge in [-0.3, -0.25) is 9.69 Å². The highest BCUT2D eigenvalue weighted by Crippen LogP contribution is 2.21. The van der Waals surface area contributed by atoms with Gasteiger partial charge in [0, 0.05) is 37.8 Å². The second kappa shape index (κ2) is 8.63. The second-order valence-corrected chi connectivity index (χ2v) is 8.54. The van der Waals surface area contributed by atoms with E-state index in [0.717, 1.165) is 61.9 Å². The number of carbonyl (C=O) groups excluding carboxylic acids is 1. The first kappa shape index (κ1) is 19.9. The third-order valence-electron chi connectivity index (χ3n) is 6.55. The van der Waals surface area contributed by atoms with E-state index in [9.17, 15) is 4.79 Å². The summed E-state index contributed by atoms with van der Waals surface area (Å²) < 4.78 is 1.81. The first-order chi connectivity index (χ1) is 15.2. The fourth-order valence-electron chi connectivity index (χ4n) is 4.61. The molecule has 3 aromatic rings. The van der Waals surface area contributed by atoms with Crippen LogP contribution < -0.4 is 10.2 Å². The van der Waals surface area contributed by atoms with E-state index in [4.69, 9.17) is 5.10 Å². The number of nitrogens with one attached hydrogen (secondary N) is 1. The molecule has 2 aromatic heterocycles. The normalized spacial score (nSPS) is 19.1. The standard InChI is InChI=1S/C23H29N7O/c1-17(23(31)24-19-9-5-6-10-19)28-13-15-29(16-14-28)21-12-11-20-25-26-22(30(20)27-21)18-7-3-2-4-8-18/h2-4,7-8,11-12,17,19H,5-6,9-10,13-16H2,1H3,(H,24,31). The maximum Gasteiger partial charge on any atom is 0.237 e. The summed E-state index contributed by atoms with van der Waals surface area (Å²) in [6.45, 7) is 5.37. The van der Waals surface area contributed by atoms with Gasteiger partial charge in [-0.25, -0.2) is 0 Å². The van der Waals surface area contributed by atoms with E-state index in [1.165, 1.54) is 12.8 Å². The van der Waals surface area contributed by atoms with E-state index in [1.54, 1.807) is 0 Å². The molecule has 0 radical (unpaired) electrons. The summed E-state index contributed by atoms with van der Waals surface area (Å²) in [5, 5.41) is 16.6. The summed E-state index contributed by atoms with van der Waals surface area (Å²) >= 11 is 0. The molecule has 2 aliphatic rings. The number of benzene rings is 1. The van der Waals surface area contributed by atoms with Gasteiger partial charge in [0.05, 0.1) is 6.04 Å². The zero-order chi connectivity index (χ0) is 21.2. The number of rotatable bonds is 5. The maximum absolute atomic E-state index is 12.6. The van der Waals surface area contributed by atoms with Crippen molar-refractivity contribution in [2.75, 3.05) is 31.1 Å². The number of fused-ring (bicyclic) bond motifs is 1. The van der Waals surface area contributed by atoms with Gasteiger partial charge in [0.25, 0.3) is 0 Å². The summed E-state index contributed by atoms with van der Waals surface area (Å²) in [6.07, 6.45) is 4.70. The van der Waals surface area contributed by atoms with E-state index >= 15 is 0 Å². The highest BCUT2D eigenvalue weighted by Gasteiger charge is 2.28. The van der Waals surface area contributed by atoms with Gasteiger partial charge < -0.3 is 10.2 Å². The largest absolute Gasteiger partial charge is 0.353 e. The predicted octanol–water partition coefficient (Wildman–Crippen LogP) is 2.36. The van der Waals surface area contributed by atoms with Gasteiger partial charge in [-0.05, 0) is 31.9 Å². The van der Waals surface area contributed by atoms with Crippen LogP contribution in [0.5, 0.6) is 0 Å². The summed E-state index contributed by atoms with van der Waals surface area (Å²) in [7, 11) is 0. The quantitative estimate of drug-likeness (QED) is 0.684. The third-order valence-corrected chi connectivity index (χ3v) is 6.55. The molecule has 0 spiro atoms. The van der Waals surface area contributed by atoms with Crippen molar-refractivity contribution in [2.24, 2.45) is 0 Å². The second-order valence-electron chi connectivity index (χ2n) is 8.54. The Hall–Kier alpha value is -3.00. The Kier molecular flexibility index (Phi) is 5.55. The molecule has 5 rings (SSSR count). The molecule has 1 aliphatic carbocycles. The number of hydrogen-bond acceptors (Lipinski definition) is 6. The van der Waals surface area contributed by atoms with Crippen LogP contribution in [-0.2, 0) is 4.79 Å². The Bertz CT molecular complexity index is 1040. The number of aromatic nitrogens is 4. The van der Waals surface area contributed by atoms with Crippen LogP contribution in [0.3, 0.4) is 0 Å². The number of piperazine rings is 1. The van der Waals surface area contributed by atoms with Crippen LogP contribution in [0.4, 0.5) is 5.82 Å². The van der Waals surface area contributed by atoms with E-state index in [1.807, 2.05) is 53.9 Å². The highest BCUT2D eigenvalue weighted by molar-refractivity contribution is 5.81. The average molecular weight is 420 g/mol. The lowest BCUT2D eigenvalue weighted by Crippen LogP contribution is -2.55. The van der Waals surface area contributed by atoms with E-state index < -0.39 is 0 Å². The Morgan fingerprint density at radius 1 is 1.00 bits per heavy atom. The number of nitrogens with zero attached hydrogens (tertiary/aromatic N) is 6. The summed E-state index contributed by atoms with van der Waals surface area (Å²) in [5.74, 6) is 1.82. The van der Waals surface area contributed by atoms with Gasteiger partial charge in [-0.15, -0.1) is 15.3 Å². The monoisotopic (exact) mass is 419 g/mol. The molecular weight excluding hydrogens is 390 g/mol. The maximum atomic E-state index is 12.6. The minimum Gasteiger partial charge on any atom is -0.353 e. The molecule has 1 saturated carbocycles. The number of anilines is 1. The summed E-state index contributed by atoms with van der Waals surface area (Å²) in [4.78, 5) is 17.2. The zero-order valence-corrected chi connectivity index (χ0v) is 17.9. The molecule has 162 valence electrons. The SMILES string of the molecule is CC(C(=O)NC1CCCC1)N1CCN(c2ccc3nnc(-c4ccccc4)n3n2)CC1. The van der Waals surface area contributed by atoms with Crippen LogP contribution in [-0.4, -0.2) is 68.9 Å². The highest BCUT2D eigenvalue weighted by atomic mass is 16.2. The van der Waals surface area contributed by atoms with Gasteiger partial charge >= 0.3 is 0 Å². The van der Waals surface area contributed by atoms with E-state index in [2.05, 4.69) is 25.3 Å². The van der Waals surface area contributed by atoms with Gasteiger partial charge in [-0.2, -0.15) is 4.52 Å². The Labute approximate surface area is 182 Å². The lowest BCUT2D eigenvalue weighted by atomic mass is 10.2. The molecule has 2 fully saturated rings. The minimum absolute atomic E-state index is 0.0966. The van der Waals surface area contributed by atoms with Crippen LogP contribution >= 0.6 is 0 Å². The molecule has 3 heterocycles. The fourth-order valence-corrected chi connectivity index (χ4v) is 4.61. The lowest BCUT2D eigenvalue weighted by Gasteiger charge is -2.38. The lowest BCUT2D eigenvalue weighted by molar-refractivity contribution is -0.126. The van der Waals surface area contributed by atoms with Gasteiger partial charge in [0.2, 0.25) is 5.91 Å². The van der Waals surface area contributed by atoms with Crippen molar-refractivity contribution in [2.45, 2.75) is 44.7 Å². The van der Waals surface area contributed by atoms with Crippen LogP contribution in [0, 0.1) is 0 Å². The van der Waals surface area contributed by atoms with Crippen molar-refractivity contribution in [1.82, 2.24) is 30.0 Å². The smallest absolute Gasteiger partial charge is 0.237 e. The van der Waals surface area contributed by atoms with Crippen LogP contribution in [0.25, 0.3) is 17.0 Å². The fraction of sp³-hybridized carbons (Fsp3) is 0.478. The average Bonchev–Trinajstić information content (AvgIpc) is 3.48. The van der Waals surface area contributed by atoms with Crippen LogP contribution in [0.15, 0.2) is 42.5 Å². The van der Waals surface area contributed by atoms with Gasteiger partial charge in [-0.1, -0.05) is 43.2 Å². The predicted molar refractivity (Wildman–Crippen MR) is 120 cm³/mol. The third kappa shape index (κ3) is 4.12. The van der Waals surface area contributed by atoms with Crippen molar-refractivity contribution in [3.8, 4) is 11.4 Å². The molecular formula is C23H29N7O. The number of amides is 1. The van der Waals surface area contributed by atoms with Crippen molar-refractivity contribution in [1.29, 1.82) is 0 Å². The van der Waals surface area contributed by atoms with Crippen LogP contribution in [0.2, 0.25) is 0 Å². The number of carbonyl (C=O) groups is 1. The van der Waals surface area contributed by atoms with Crippen LogP contribution in [0.1, 0.15) is 32.6 Å².